The van der Waals surface area contributed by atoms with Gasteiger partial charge in [0, 0.05) is 12.1 Å². The predicted molar refractivity (Wildman–Crippen MR) is 67.0 cm³/mol. The minimum absolute atomic E-state index is 0.291. The van der Waals surface area contributed by atoms with Gasteiger partial charge in [-0.3, -0.25) is 0 Å². The SMILES string of the molecule is CC(C)C1(NCc2cccc(C(=O)O)c2)CC1. The van der Waals surface area contributed by atoms with E-state index < -0.39 is 5.97 Å². The average molecular weight is 233 g/mol. The van der Waals surface area contributed by atoms with Crippen molar-refractivity contribution in [2.75, 3.05) is 0 Å². The fourth-order valence-corrected chi connectivity index (χ4v) is 2.19. The lowest BCUT2D eigenvalue weighted by Gasteiger charge is -2.21. The number of carbonyl (C=O) groups is 1. The van der Waals surface area contributed by atoms with E-state index >= 15 is 0 Å². The molecule has 0 saturated heterocycles. The summed E-state index contributed by atoms with van der Waals surface area (Å²) in [6, 6.07) is 7.14. The molecular formula is C14H19NO2. The molecule has 0 aromatic heterocycles. The molecule has 0 amide bonds. The van der Waals surface area contributed by atoms with Crippen LogP contribution in [0.4, 0.5) is 0 Å². The zero-order valence-corrected chi connectivity index (χ0v) is 10.4. The number of carboxylic acids is 1. The van der Waals surface area contributed by atoms with Crippen molar-refractivity contribution < 1.29 is 9.90 Å². The normalized spacial score (nSPS) is 17.1. The van der Waals surface area contributed by atoms with Crippen LogP contribution in [-0.2, 0) is 6.54 Å². The van der Waals surface area contributed by atoms with Crippen molar-refractivity contribution in [2.45, 2.75) is 38.8 Å². The molecule has 1 aliphatic rings. The van der Waals surface area contributed by atoms with Crippen molar-refractivity contribution >= 4 is 5.97 Å². The molecule has 0 spiro atoms. The summed E-state index contributed by atoms with van der Waals surface area (Å²) in [7, 11) is 0. The summed E-state index contributed by atoms with van der Waals surface area (Å²) in [6.45, 7) is 5.21. The molecule has 92 valence electrons. The third-order valence-corrected chi connectivity index (χ3v) is 3.71. The molecule has 0 aliphatic heterocycles. The Morgan fingerprint density at radius 2 is 2.18 bits per heavy atom. The number of hydrogen-bond donors (Lipinski definition) is 2. The smallest absolute Gasteiger partial charge is 0.335 e. The molecule has 3 heteroatoms. The number of carboxylic acid groups (broad SMARTS) is 1. The van der Waals surface area contributed by atoms with E-state index in [2.05, 4.69) is 19.2 Å². The van der Waals surface area contributed by atoms with Crippen LogP contribution in [-0.4, -0.2) is 16.6 Å². The number of aromatic carboxylic acids is 1. The highest BCUT2D eigenvalue weighted by molar-refractivity contribution is 5.87. The summed E-state index contributed by atoms with van der Waals surface area (Å²) >= 11 is 0. The van der Waals surface area contributed by atoms with Gasteiger partial charge in [0.1, 0.15) is 0 Å². The quantitative estimate of drug-likeness (QED) is 0.822. The van der Waals surface area contributed by atoms with Gasteiger partial charge in [-0.15, -0.1) is 0 Å². The van der Waals surface area contributed by atoms with Gasteiger partial charge < -0.3 is 10.4 Å². The molecule has 3 nitrogen and oxygen atoms in total. The fraction of sp³-hybridized carbons (Fsp3) is 0.500. The monoisotopic (exact) mass is 233 g/mol. The average Bonchev–Trinajstić information content (AvgIpc) is 3.08. The third-order valence-electron chi connectivity index (χ3n) is 3.71. The second kappa shape index (κ2) is 4.49. The second-order valence-electron chi connectivity index (χ2n) is 5.17. The topological polar surface area (TPSA) is 49.3 Å². The number of hydrogen-bond acceptors (Lipinski definition) is 2. The largest absolute Gasteiger partial charge is 0.478 e. The summed E-state index contributed by atoms with van der Waals surface area (Å²) < 4.78 is 0. The van der Waals surface area contributed by atoms with Gasteiger partial charge in [-0.1, -0.05) is 26.0 Å². The third kappa shape index (κ3) is 2.67. The summed E-state index contributed by atoms with van der Waals surface area (Å²) in [4.78, 5) is 10.9. The Kier molecular flexibility index (Phi) is 3.20. The standard InChI is InChI=1S/C14H19NO2/c1-10(2)14(6-7-14)15-9-11-4-3-5-12(8-11)13(16)17/h3-5,8,10,15H,6-7,9H2,1-2H3,(H,16,17). The first-order valence-corrected chi connectivity index (χ1v) is 6.11. The van der Waals surface area contributed by atoms with Crippen LogP contribution in [0.2, 0.25) is 0 Å². The highest BCUT2D eigenvalue weighted by Gasteiger charge is 2.44. The summed E-state index contributed by atoms with van der Waals surface area (Å²) in [5, 5.41) is 12.5. The van der Waals surface area contributed by atoms with Crippen LogP contribution in [0.1, 0.15) is 42.6 Å². The van der Waals surface area contributed by atoms with Crippen LogP contribution in [0, 0.1) is 5.92 Å². The molecule has 2 rings (SSSR count). The molecule has 0 atom stereocenters. The van der Waals surface area contributed by atoms with E-state index in [1.807, 2.05) is 6.07 Å². The van der Waals surface area contributed by atoms with Crippen LogP contribution >= 0.6 is 0 Å². The van der Waals surface area contributed by atoms with Crippen LogP contribution < -0.4 is 5.32 Å². The molecule has 0 heterocycles. The van der Waals surface area contributed by atoms with Crippen molar-refractivity contribution in [1.82, 2.24) is 5.32 Å². The first-order chi connectivity index (χ1) is 8.03. The van der Waals surface area contributed by atoms with Crippen molar-refractivity contribution in [1.29, 1.82) is 0 Å². The van der Waals surface area contributed by atoms with Crippen molar-refractivity contribution in [3.63, 3.8) is 0 Å². The van der Waals surface area contributed by atoms with Gasteiger partial charge in [0.15, 0.2) is 0 Å². The Morgan fingerprint density at radius 1 is 1.47 bits per heavy atom. The van der Waals surface area contributed by atoms with E-state index in [0.29, 0.717) is 17.0 Å². The van der Waals surface area contributed by atoms with Gasteiger partial charge in [0.25, 0.3) is 0 Å². The summed E-state index contributed by atoms with van der Waals surface area (Å²) in [6.07, 6.45) is 2.45. The molecule has 1 fully saturated rings. The maximum Gasteiger partial charge on any atom is 0.335 e. The van der Waals surface area contributed by atoms with Gasteiger partial charge in [-0.25, -0.2) is 4.79 Å². The van der Waals surface area contributed by atoms with Crippen LogP contribution in [0.25, 0.3) is 0 Å². The van der Waals surface area contributed by atoms with Crippen molar-refractivity contribution in [2.24, 2.45) is 5.92 Å². The van der Waals surface area contributed by atoms with E-state index in [1.165, 1.54) is 12.8 Å². The molecule has 1 aromatic rings. The lowest BCUT2D eigenvalue weighted by molar-refractivity contribution is 0.0696. The second-order valence-corrected chi connectivity index (χ2v) is 5.17. The maximum atomic E-state index is 10.9. The summed E-state index contributed by atoms with van der Waals surface area (Å²) in [5.74, 6) is -0.234. The number of rotatable bonds is 5. The molecular weight excluding hydrogens is 214 g/mol. The lowest BCUT2D eigenvalue weighted by atomic mass is 10.0. The number of benzene rings is 1. The van der Waals surface area contributed by atoms with E-state index in [-0.39, 0.29) is 0 Å². The van der Waals surface area contributed by atoms with Gasteiger partial charge in [0.05, 0.1) is 5.56 Å². The molecule has 0 bridgehead atoms. The zero-order chi connectivity index (χ0) is 12.5. The number of nitrogens with one attached hydrogen (secondary N) is 1. The van der Waals surface area contributed by atoms with Crippen molar-refractivity contribution in [3.8, 4) is 0 Å². The molecule has 2 N–H and O–H groups in total. The molecule has 1 aromatic carbocycles. The highest BCUT2D eigenvalue weighted by Crippen LogP contribution is 2.42. The van der Waals surface area contributed by atoms with E-state index in [0.717, 1.165) is 12.1 Å². The predicted octanol–water partition coefficient (Wildman–Crippen LogP) is 2.66. The molecule has 0 unspecified atom stereocenters. The molecule has 0 radical (unpaired) electrons. The Morgan fingerprint density at radius 3 is 2.71 bits per heavy atom. The lowest BCUT2D eigenvalue weighted by Crippen LogP contribution is -2.35. The first kappa shape index (κ1) is 12.1. The van der Waals surface area contributed by atoms with E-state index in [4.69, 9.17) is 5.11 Å². The van der Waals surface area contributed by atoms with Gasteiger partial charge >= 0.3 is 5.97 Å². The van der Waals surface area contributed by atoms with Gasteiger partial charge in [-0.2, -0.15) is 0 Å². The van der Waals surface area contributed by atoms with Crippen LogP contribution in [0.3, 0.4) is 0 Å². The minimum Gasteiger partial charge on any atom is -0.478 e. The fourth-order valence-electron chi connectivity index (χ4n) is 2.19. The van der Waals surface area contributed by atoms with Gasteiger partial charge in [-0.05, 0) is 36.5 Å². The Hall–Kier alpha value is -1.35. The molecule has 17 heavy (non-hydrogen) atoms. The van der Waals surface area contributed by atoms with Crippen LogP contribution in [0.15, 0.2) is 24.3 Å². The van der Waals surface area contributed by atoms with E-state index in [9.17, 15) is 4.79 Å². The van der Waals surface area contributed by atoms with Crippen LogP contribution in [0.5, 0.6) is 0 Å². The Labute approximate surface area is 102 Å². The van der Waals surface area contributed by atoms with E-state index in [1.54, 1.807) is 18.2 Å². The summed E-state index contributed by atoms with van der Waals surface area (Å²) in [5.41, 5.74) is 1.69. The molecule has 1 aliphatic carbocycles. The maximum absolute atomic E-state index is 10.9. The Balaban J connectivity index is 2.00. The van der Waals surface area contributed by atoms with Gasteiger partial charge in [0.2, 0.25) is 0 Å². The van der Waals surface area contributed by atoms with Crippen molar-refractivity contribution in [3.05, 3.63) is 35.4 Å². The molecule has 1 saturated carbocycles. The Bertz CT molecular complexity index is 422. The first-order valence-electron chi connectivity index (χ1n) is 6.11. The minimum atomic E-state index is -0.864. The zero-order valence-electron chi connectivity index (χ0n) is 10.4. The highest BCUT2D eigenvalue weighted by atomic mass is 16.4.